The number of oxazole rings is 1. The minimum Gasteiger partial charge on any atom is -0.493 e. The van der Waals surface area contributed by atoms with Gasteiger partial charge in [0.25, 0.3) is 5.91 Å². The van der Waals surface area contributed by atoms with E-state index in [0.29, 0.717) is 37.5 Å². The quantitative estimate of drug-likeness (QED) is 0.472. The molecule has 2 unspecified atom stereocenters. The van der Waals surface area contributed by atoms with Crippen molar-refractivity contribution in [3.05, 3.63) is 41.3 Å². The largest absolute Gasteiger partial charge is 0.493 e. The normalized spacial score (nSPS) is 30.1. The molecule has 4 atom stereocenters. The molecule has 7 nitrogen and oxygen atoms in total. The van der Waals surface area contributed by atoms with Crippen molar-refractivity contribution < 1.29 is 18.8 Å². The molecule has 2 saturated heterocycles. The molecule has 0 N–H and O–H groups in total. The van der Waals surface area contributed by atoms with Crippen molar-refractivity contribution in [2.45, 2.75) is 71.3 Å². The molecule has 0 bridgehead atoms. The van der Waals surface area contributed by atoms with Crippen LogP contribution in [0.4, 0.5) is 0 Å². The highest BCUT2D eigenvalue weighted by molar-refractivity contribution is 5.77. The van der Waals surface area contributed by atoms with Crippen molar-refractivity contribution in [3.63, 3.8) is 0 Å². The molecule has 0 radical (unpaired) electrons. The second-order valence-electron chi connectivity index (χ2n) is 10.5. The highest BCUT2D eigenvalue weighted by Crippen LogP contribution is 2.59. The molecule has 7 heteroatoms. The zero-order valence-corrected chi connectivity index (χ0v) is 20.9. The van der Waals surface area contributed by atoms with Gasteiger partial charge < -0.3 is 9.15 Å². The van der Waals surface area contributed by atoms with Gasteiger partial charge in [0.05, 0.1) is 26.0 Å². The fraction of sp³-hybridized carbons (Fsp3) is 0.704. The van der Waals surface area contributed by atoms with Gasteiger partial charge in [-0.3, -0.25) is 14.5 Å². The van der Waals surface area contributed by atoms with Gasteiger partial charge in [-0.25, -0.2) is 10.0 Å². The number of aryl methyl sites for hydroxylation is 1. The number of amides is 1. The first kappa shape index (κ1) is 23.6. The summed E-state index contributed by atoms with van der Waals surface area (Å²) in [4.78, 5) is 26.0. The lowest BCUT2D eigenvalue weighted by atomic mass is 9.82. The molecule has 1 amide bonds. The first-order valence-electron chi connectivity index (χ1n) is 13.2. The fourth-order valence-corrected chi connectivity index (χ4v) is 6.24. The van der Waals surface area contributed by atoms with E-state index in [-0.39, 0.29) is 11.4 Å². The van der Waals surface area contributed by atoms with E-state index in [0.717, 1.165) is 75.5 Å². The van der Waals surface area contributed by atoms with Crippen molar-refractivity contribution in [2.24, 2.45) is 17.8 Å². The Kier molecular flexibility index (Phi) is 6.85. The van der Waals surface area contributed by atoms with E-state index in [2.05, 4.69) is 35.9 Å². The summed E-state index contributed by atoms with van der Waals surface area (Å²) in [5, 5.41) is 1.60. The number of likely N-dealkylation sites (tertiary alicyclic amines) is 1. The SMILES string of the molecule is CCCON(CCC)C(=O)CN1C[C@H](C2C=C3CCOC3=CC2)CC12C[C@H]2Cc1ncc(C)o1. The molecule has 0 aromatic carbocycles. The lowest BCUT2D eigenvalue weighted by molar-refractivity contribution is -0.188. The van der Waals surface area contributed by atoms with Crippen LogP contribution in [0.25, 0.3) is 0 Å². The van der Waals surface area contributed by atoms with E-state index in [1.54, 1.807) is 11.3 Å². The van der Waals surface area contributed by atoms with E-state index < -0.39 is 0 Å². The molecule has 4 aliphatic rings. The van der Waals surface area contributed by atoms with Crippen molar-refractivity contribution in [1.82, 2.24) is 14.9 Å². The minimum atomic E-state index is 0.0695. The monoisotopic (exact) mass is 469 g/mol. The first-order chi connectivity index (χ1) is 16.5. The van der Waals surface area contributed by atoms with Gasteiger partial charge >= 0.3 is 0 Å². The van der Waals surface area contributed by atoms with Crippen LogP contribution < -0.4 is 0 Å². The molecule has 5 rings (SSSR count). The van der Waals surface area contributed by atoms with Crippen LogP contribution in [0.5, 0.6) is 0 Å². The Bertz CT molecular complexity index is 953. The summed E-state index contributed by atoms with van der Waals surface area (Å²) >= 11 is 0. The Labute approximate surface area is 203 Å². The van der Waals surface area contributed by atoms with E-state index in [1.807, 2.05) is 6.92 Å². The van der Waals surface area contributed by atoms with Gasteiger partial charge in [-0.1, -0.05) is 19.9 Å². The summed E-state index contributed by atoms with van der Waals surface area (Å²) in [5.74, 6) is 4.42. The van der Waals surface area contributed by atoms with Crippen LogP contribution in [0.15, 0.2) is 34.1 Å². The summed E-state index contributed by atoms with van der Waals surface area (Å²) in [6, 6.07) is 0. The van der Waals surface area contributed by atoms with Gasteiger partial charge in [0.1, 0.15) is 11.5 Å². The third kappa shape index (κ3) is 4.69. The summed E-state index contributed by atoms with van der Waals surface area (Å²) in [5.41, 5.74) is 1.45. The van der Waals surface area contributed by atoms with Crippen LogP contribution in [0, 0.1) is 24.7 Å². The Hall–Kier alpha value is -2.12. The second kappa shape index (κ2) is 9.86. The van der Waals surface area contributed by atoms with Crippen LogP contribution in [0.2, 0.25) is 0 Å². The van der Waals surface area contributed by atoms with Crippen LogP contribution in [-0.4, -0.2) is 59.2 Å². The molecular formula is C27H39N3O4. The fourth-order valence-electron chi connectivity index (χ4n) is 6.24. The Morgan fingerprint density at radius 1 is 1.32 bits per heavy atom. The van der Waals surface area contributed by atoms with Gasteiger partial charge in [0.15, 0.2) is 5.89 Å². The molecule has 2 aliphatic heterocycles. The predicted molar refractivity (Wildman–Crippen MR) is 129 cm³/mol. The lowest BCUT2D eigenvalue weighted by Gasteiger charge is -2.28. The Balaban J connectivity index is 1.31. The number of nitrogens with zero attached hydrogens (tertiary/aromatic N) is 3. The third-order valence-corrected chi connectivity index (χ3v) is 8.01. The molecule has 34 heavy (non-hydrogen) atoms. The predicted octanol–water partition coefficient (Wildman–Crippen LogP) is 4.44. The van der Waals surface area contributed by atoms with Gasteiger partial charge in [-0.2, -0.15) is 0 Å². The maximum Gasteiger partial charge on any atom is 0.260 e. The van der Waals surface area contributed by atoms with Crippen LogP contribution in [-0.2, 0) is 20.8 Å². The smallest absolute Gasteiger partial charge is 0.260 e. The van der Waals surface area contributed by atoms with E-state index >= 15 is 0 Å². The number of carbonyl (C=O) groups is 1. The standard InChI is InChI=1S/C27H39N3O4/c1-4-9-30(33-10-5-2)26(31)18-29-17-22(20-6-7-24-21(12-20)8-11-32-24)14-27(29)15-23(27)13-25-28-16-19(3)34-25/h7,12,16,20,22-23H,4-6,8-11,13-15,17-18H2,1-3H3/t20?,22-,23-,27?/m1/s1. The number of hydrogen-bond donors (Lipinski definition) is 0. The van der Waals surface area contributed by atoms with Crippen molar-refractivity contribution >= 4 is 5.91 Å². The molecule has 1 aromatic heterocycles. The van der Waals surface area contributed by atoms with Gasteiger partial charge in [0.2, 0.25) is 0 Å². The molecule has 3 fully saturated rings. The molecule has 1 aromatic rings. The highest BCUT2D eigenvalue weighted by atomic mass is 16.7. The zero-order valence-electron chi connectivity index (χ0n) is 20.9. The molecule has 3 heterocycles. The van der Waals surface area contributed by atoms with E-state index in [4.69, 9.17) is 14.0 Å². The second-order valence-corrected chi connectivity index (χ2v) is 10.5. The first-order valence-corrected chi connectivity index (χ1v) is 13.2. The van der Waals surface area contributed by atoms with Gasteiger partial charge in [0, 0.05) is 31.5 Å². The maximum atomic E-state index is 13.3. The minimum absolute atomic E-state index is 0.0695. The van der Waals surface area contributed by atoms with E-state index in [9.17, 15) is 4.79 Å². The number of ether oxygens (including phenoxy) is 1. The van der Waals surface area contributed by atoms with Crippen molar-refractivity contribution in [1.29, 1.82) is 0 Å². The van der Waals surface area contributed by atoms with Crippen LogP contribution in [0.1, 0.15) is 64.0 Å². The van der Waals surface area contributed by atoms with E-state index in [1.165, 1.54) is 5.57 Å². The van der Waals surface area contributed by atoms with Crippen molar-refractivity contribution in [3.8, 4) is 0 Å². The number of hydrogen-bond acceptors (Lipinski definition) is 6. The average molecular weight is 470 g/mol. The molecule has 1 spiro atoms. The van der Waals surface area contributed by atoms with Gasteiger partial charge in [-0.15, -0.1) is 0 Å². The van der Waals surface area contributed by atoms with Crippen molar-refractivity contribution in [2.75, 3.05) is 32.8 Å². The summed E-state index contributed by atoms with van der Waals surface area (Å²) in [7, 11) is 0. The third-order valence-electron chi connectivity index (χ3n) is 8.01. The maximum absolute atomic E-state index is 13.3. The average Bonchev–Trinajstić information content (AvgIpc) is 3.18. The molecule has 1 saturated carbocycles. The van der Waals surface area contributed by atoms with Crippen LogP contribution >= 0.6 is 0 Å². The summed E-state index contributed by atoms with van der Waals surface area (Å²) in [6.45, 7) is 9.52. The number of hydroxylamine groups is 2. The topological polar surface area (TPSA) is 68.0 Å². The molecule has 186 valence electrons. The Morgan fingerprint density at radius 2 is 2.21 bits per heavy atom. The highest BCUT2D eigenvalue weighted by Gasteiger charge is 2.63. The number of allylic oxidation sites excluding steroid dienone is 3. The van der Waals surface area contributed by atoms with Crippen LogP contribution in [0.3, 0.4) is 0 Å². The number of fused-ring (bicyclic) bond motifs is 1. The summed E-state index contributed by atoms with van der Waals surface area (Å²) in [6.07, 6.45) is 13.5. The molecular weight excluding hydrogens is 430 g/mol. The number of carbonyl (C=O) groups excluding carboxylic acids is 1. The lowest BCUT2D eigenvalue weighted by Crippen LogP contribution is -2.44. The molecule has 2 aliphatic carbocycles. The summed E-state index contributed by atoms with van der Waals surface area (Å²) < 4.78 is 11.6. The van der Waals surface area contributed by atoms with Gasteiger partial charge in [-0.05, 0) is 68.4 Å². The zero-order chi connectivity index (χ0) is 23.7. The number of aromatic nitrogens is 1. The Morgan fingerprint density at radius 3 is 2.97 bits per heavy atom. The number of rotatable bonds is 10.